The minimum absolute atomic E-state index is 0.282. The molecule has 1 aromatic carbocycles. The van der Waals surface area contributed by atoms with Crippen molar-refractivity contribution >= 4 is 0 Å². The van der Waals surface area contributed by atoms with Crippen LogP contribution in [0, 0.1) is 20.8 Å². The smallest absolute Gasteiger partial charge is 0.0704 e. The fourth-order valence-corrected chi connectivity index (χ4v) is 1.96. The summed E-state index contributed by atoms with van der Waals surface area (Å²) < 4.78 is 0. The topological polar surface area (TPSA) is 46.2 Å². The van der Waals surface area contributed by atoms with Crippen molar-refractivity contribution in [2.75, 3.05) is 0 Å². The molecule has 0 spiro atoms. The van der Waals surface area contributed by atoms with Crippen molar-refractivity contribution < 1.29 is 5.11 Å². The van der Waals surface area contributed by atoms with Crippen LogP contribution in [0.3, 0.4) is 0 Å². The highest BCUT2D eigenvalue weighted by atomic mass is 16.3. The average Bonchev–Trinajstić information content (AvgIpc) is 2.01. The predicted molar refractivity (Wildman–Crippen MR) is 59.3 cm³/mol. The lowest BCUT2D eigenvalue weighted by molar-refractivity contribution is 0.163. The zero-order chi connectivity index (χ0) is 10.9. The molecule has 0 fully saturated rings. The Morgan fingerprint density at radius 3 is 1.93 bits per heavy atom. The van der Waals surface area contributed by atoms with E-state index in [0.29, 0.717) is 0 Å². The minimum Gasteiger partial charge on any atom is -0.391 e. The molecule has 3 N–H and O–H groups in total. The van der Waals surface area contributed by atoms with E-state index in [-0.39, 0.29) is 6.04 Å². The number of nitrogens with two attached hydrogens (primary N) is 1. The summed E-state index contributed by atoms with van der Waals surface area (Å²) in [6.07, 6.45) is -0.505. The van der Waals surface area contributed by atoms with Crippen LogP contribution in [-0.2, 0) is 0 Å². The summed E-state index contributed by atoms with van der Waals surface area (Å²) in [4.78, 5) is 0. The lowest BCUT2D eigenvalue weighted by atomic mass is 9.92. The van der Waals surface area contributed by atoms with E-state index in [1.165, 1.54) is 5.56 Å². The molecule has 1 aromatic rings. The average molecular weight is 193 g/mol. The van der Waals surface area contributed by atoms with Crippen LogP contribution in [0.15, 0.2) is 12.1 Å². The monoisotopic (exact) mass is 193 g/mol. The van der Waals surface area contributed by atoms with Crippen LogP contribution in [0.25, 0.3) is 0 Å². The molecule has 2 heteroatoms. The van der Waals surface area contributed by atoms with E-state index < -0.39 is 6.10 Å². The zero-order valence-electron chi connectivity index (χ0n) is 9.33. The normalized spacial score (nSPS) is 15.3. The second-order valence-electron chi connectivity index (χ2n) is 4.08. The van der Waals surface area contributed by atoms with Crippen LogP contribution in [-0.4, -0.2) is 11.2 Å². The second kappa shape index (κ2) is 4.11. The molecule has 0 unspecified atom stereocenters. The van der Waals surface area contributed by atoms with Gasteiger partial charge in [0.15, 0.2) is 0 Å². The van der Waals surface area contributed by atoms with Crippen molar-refractivity contribution in [1.29, 1.82) is 0 Å². The Balaban J connectivity index is 3.20. The SMILES string of the molecule is Cc1cc(C)c([C@@H](N)[C@H](C)O)c(C)c1. The largest absolute Gasteiger partial charge is 0.391 e. The Labute approximate surface area is 85.8 Å². The number of aryl methyl sites for hydroxylation is 3. The molecular weight excluding hydrogens is 174 g/mol. The fourth-order valence-electron chi connectivity index (χ4n) is 1.96. The van der Waals surface area contributed by atoms with E-state index in [2.05, 4.69) is 19.1 Å². The maximum Gasteiger partial charge on any atom is 0.0704 e. The minimum atomic E-state index is -0.505. The Morgan fingerprint density at radius 1 is 1.14 bits per heavy atom. The van der Waals surface area contributed by atoms with Gasteiger partial charge in [0.2, 0.25) is 0 Å². The van der Waals surface area contributed by atoms with Crippen LogP contribution in [0.4, 0.5) is 0 Å². The molecular formula is C12H19NO. The van der Waals surface area contributed by atoms with E-state index >= 15 is 0 Å². The van der Waals surface area contributed by atoms with Gasteiger partial charge in [0, 0.05) is 0 Å². The molecule has 0 aliphatic rings. The molecule has 2 atom stereocenters. The van der Waals surface area contributed by atoms with Gasteiger partial charge in [-0.3, -0.25) is 0 Å². The predicted octanol–water partition coefficient (Wildman–Crippen LogP) is 1.99. The number of hydrogen-bond donors (Lipinski definition) is 2. The molecule has 14 heavy (non-hydrogen) atoms. The van der Waals surface area contributed by atoms with E-state index in [0.717, 1.165) is 16.7 Å². The highest BCUT2D eigenvalue weighted by Gasteiger charge is 2.16. The Morgan fingerprint density at radius 2 is 1.57 bits per heavy atom. The number of rotatable bonds is 2. The van der Waals surface area contributed by atoms with E-state index in [1.54, 1.807) is 6.92 Å². The lowest BCUT2D eigenvalue weighted by Gasteiger charge is -2.20. The van der Waals surface area contributed by atoms with Gasteiger partial charge in [-0.15, -0.1) is 0 Å². The second-order valence-corrected chi connectivity index (χ2v) is 4.08. The van der Waals surface area contributed by atoms with E-state index in [1.807, 2.05) is 13.8 Å². The van der Waals surface area contributed by atoms with Gasteiger partial charge in [-0.05, 0) is 44.4 Å². The molecule has 1 rings (SSSR count). The van der Waals surface area contributed by atoms with Gasteiger partial charge in [0.05, 0.1) is 12.1 Å². The highest BCUT2D eigenvalue weighted by Crippen LogP contribution is 2.23. The molecule has 0 aromatic heterocycles. The highest BCUT2D eigenvalue weighted by molar-refractivity contribution is 5.39. The van der Waals surface area contributed by atoms with Gasteiger partial charge in [0.1, 0.15) is 0 Å². The molecule has 0 heterocycles. The van der Waals surface area contributed by atoms with E-state index in [4.69, 9.17) is 5.73 Å². The summed E-state index contributed by atoms with van der Waals surface area (Å²) in [5, 5.41) is 9.47. The standard InChI is InChI=1S/C12H19NO/c1-7-5-8(2)11(9(3)6-7)12(13)10(4)14/h5-6,10,12,14H,13H2,1-4H3/t10-,12-/m0/s1. The molecule has 0 radical (unpaired) electrons. The van der Waals surface area contributed by atoms with Crippen molar-refractivity contribution in [3.8, 4) is 0 Å². The summed E-state index contributed by atoms with van der Waals surface area (Å²) in [5.41, 5.74) is 10.6. The van der Waals surface area contributed by atoms with Gasteiger partial charge in [-0.1, -0.05) is 17.7 Å². The van der Waals surface area contributed by atoms with Gasteiger partial charge in [-0.25, -0.2) is 0 Å². The number of aliphatic hydroxyl groups is 1. The van der Waals surface area contributed by atoms with Crippen molar-refractivity contribution in [3.63, 3.8) is 0 Å². The molecule has 78 valence electrons. The molecule has 0 bridgehead atoms. The maximum atomic E-state index is 9.47. The molecule has 2 nitrogen and oxygen atoms in total. The van der Waals surface area contributed by atoms with Crippen molar-refractivity contribution in [2.24, 2.45) is 5.73 Å². The van der Waals surface area contributed by atoms with Gasteiger partial charge < -0.3 is 10.8 Å². The maximum absolute atomic E-state index is 9.47. The van der Waals surface area contributed by atoms with Crippen LogP contribution >= 0.6 is 0 Å². The first kappa shape index (κ1) is 11.2. The molecule has 0 aliphatic heterocycles. The van der Waals surface area contributed by atoms with Gasteiger partial charge >= 0.3 is 0 Å². The fraction of sp³-hybridized carbons (Fsp3) is 0.500. The molecule has 0 saturated carbocycles. The Kier molecular flexibility index (Phi) is 3.29. The first-order chi connectivity index (χ1) is 6.43. The zero-order valence-corrected chi connectivity index (χ0v) is 9.33. The Hall–Kier alpha value is -0.860. The van der Waals surface area contributed by atoms with Crippen LogP contribution in [0.2, 0.25) is 0 Å². The number of benzene rings is 1. The number of aliphatic hydroxyl groups excluding tert-OH is 1. The van der Waals surface area contributed by atoms with Crippen molar-refractivity contribution in [2.45, 2.75) is 39.8 Å². The lowest BCUT2D eigenvalue weighted by Crippen LogP contribution is -2.25. The summed E-state index contributed by atoms with van der Waals surface area (Å²) in [6, 6.07) is 3.92. The summed E-state index contributed by atoms with van der Waals surface area (Å²) in [6.45, 7) is 7.87. The van der Waals surface area contributed by atoms with Crippen molar-refractivity contribution in [3.05, 3.63) is 34.4 Å². The van der Waals surface area contributed by atoms with Crippen LogP contribution in [0.5, 0.6) is 0 Å². The molecule has 0 aliphatic carbocycles. The third kappa shape index (κ3) is 2.14. The molecule has 0 amide bonds. The summed E-state index contributed by atoms with van der Waals surface area (Å²) >= 11 is 0. The van der Waals surface area contributed by atoms with Crippen molar-refractivity contribution in [1.82, 2.24) is 0 Å². The summed E-state index contributed by atoms with van der Waals surface area (Å²) in [7, 11) is 0. The Bertz CT molecular complexity index is 308. The summed E-state index contributed by atoms with van der Waals surface area (Å²) in [5.74, 6) is 0. The quantitative estimate of drug-likeness (QED) is 0.754. The first-order valence-corrected chi connectivity index (χ1v) is 4.95. The van der Waals surface area contributed by atoms with Gasteiger partial charge in [0.25, 0.3) is 0 Å². The first-order valence-electron chi connectivity index (χ1n) is 4.95. The third-order valence-corrected chi connectivity index (χ3v) is 2.59. The van der Waals surface area contributed by atoms with E-state index in [9.17, 15) is 5.11 Å². The van der Waals surface area contributed by atoms with Crippen LogP contribution < -0.4 is 5.73 Å². The van der Waals surface area contributed by atoms with Crippen LogP contribution in [0.1, 0.15) is 35.2 Å². The molecule has 0 saturated heterocycles. The third-order valence-electron chi connectivity index (χ3n) is 2.59. The van der Waals surface area contributed by atoms with Gasteiger partial charge in [-0.2, -0.15) is 0 Å². The number of hydrogen-bond acceptors (Lipinski definition) is 2.